The molecule has 0 amide bonds. The van der Waals surface area contributed by atoms with Gasteiger partial charge in [0.25, 0.3) is 0 Å². The van der Waals surface area contributed by atoms with Crippen molar-refractivity contribution in [3.63, 3.8) is 0 Å². The lowest BCUT2D eigenvalue weighted by Gasteiger charge is -1.98. The van der Waals surface area contributed by atoms with Gasteiger partial charge in [0.05, 0.1) is 0 Å². The molecule has 0 radical (unpaired) electrons. The summed E-state index contributed by atoms with van der Waals surface area (Å²) in [6, 6.07) is 11.1. The fraction of sp³-hybridized carbons (Fsp3) is 0. The average molecular weight is 444 g/mol. The molecule has 1 aromatic heterocycles. The van der Waals surface area contributed by atoms with Crippen molar-refractivity contribution in [3.8, 4) is 0 Å². The molecule has 6 heteroatoms. The van der Waals surface area contributed by atoms with Gasteiger partial charge in [0.1, 0.15) is 5.76 Å². The number of hydrogen-bond donors (Lipinski definition) is 0. The fourth-order valence-electron chi connectivity index (χ4n) is 1.67. The van der Waals surface area contributed by atoms with Gasteiger partial charge < -0.3 is 9.15 Å². The maximum Gasteiger partial charge on any atom is 0.363 e. The first-order chi connectivity index (χ1) is 9.61. The Balaban J connectivity index is 1.92. The van der Waals surface area contributed by atoms with E-state index in [-0.39, 0.29) is 5.70 Å². The van der Waals surface area contributed by atoms with Crippen LogP contribution in [0.25, 0.3) is 6.08 Å². The standard InChI is InChI=1S/C14H7BrINO3/c15-12-6-5-10(19-12)7-11-14(18)20-13(17-11)8-1-3-9(16)4-2-8/h1-7H. The number of furan rings is 1. The monoisotopic (exact) mass is 443 g/mol. The predicted molar refractivity (Wildman–Crippen MR) is 86.2 cm³/mol. The van der Waals surface area contributed by atoms with Gasteiger partial charge in [-0.15, -0.1) is 0 Å². The molecule has 0 aliphatic carbocycles. The number of ether oxygens (including phenoxy) is 1. The second-order valence-corrected chi connectivity index (χ2v) is 6.01. The lowest BCUT2D eigenvalue weighted by molar-refractivity contribution is -0.129. The minimum Gasteiger partial charge on any atom is -0.450 e. The zero-order valence-corrected chi connectivity index (χ0v) is 13.7. The van der Waals surface area contributed by atoms with Crippen molar-refractivity contribution in [2.24, 2.45) is 4.99 Å². The summed E-state index contributed by atoms with van der Waals surface area (Å²) in [5, 5.41) is 0. The lowest BCUT2D eigenvalue weighted by Crippen LogP contribution is -2.05. The van der Waals surface area contributed by atoms with Crippen LogP contribution in [0.2, 0.25) is 0 Å². The molecule has 0 saturated heterocycles. The molecule has 0 spiro atoms. The maximum atomic E-state index is 11.8. The van der Waals surface area contributed by atoms with Crippen LogP contribution in [0, 0.1) is 3.57 Å². The van der Waals surface area contributed by atoms with Crippen LogP contribution in [-0.2, 0) is 9.53 Å². The van der Waals surface area contributed by atoms with E-state index in [2.05, 4.69) is 43.5 Å². The van der Waals surface area contributed by atoms with Crippen molar-refractivity contribution in [2.75, 3.05) is 0 Å². The number of nitrogens with zero attached hydrogens (tertiary/aromatic N) is 1. The second-order valence-electron chi connectivity index (χ2n) is 3.98. The lowest BCUT2D eigenvalue weighted by atomic mass is 10.2. The van der Waals surface area contributed by atoms with Gasteiger partial charge in [-0.1, -0.05) is 0 Å². The van der Waals surface area contributed by atoms with Gasteiger partial charge in [0.15, 0.2) is 10.4 Å². The summed E-state index contributed by atoms with van der Waals surface area (Å²) >= 11 is 5.41. The Labute approximate surface area is 136 Å². The normalized spacial score (nSPS) is 16.4. The summed E-state index contributed by atoms with van der Waals surface area (Å²) in [7, 11) is 0. The predicted octanol–water partition coefficient (Wildman–Crippen LogP) is 3.99. The maximum absolute atomic E-state index is 11.8. The van der Waals surface area contributed by atoms with Crippen LogP contribution in [-0.4, -0.2) is 11.9 Å². The minimum atomic E-state index is -0.480. The van der Waals surface area contributed by atoms with Crippen LogP contribution in [0.3, 0.4) is 0 Å². The van der Waals surface area contributed by atoms with E-state index in [0.717, 1.165) is 9.13 Å². The zero-order valence-electron chi connectivity index (χ0n) is 9.97. The Morgan fingerprint density at radius 1 is 1.15 bits per heavy atom. The van der Waals surface area contributed by atoms with Crippen molar-refractivity contribution < 1.29 is 13.9 Å². The quantitative estimate of drug-likeness (QED) is 0.400. The topological polar surface area (TPSA) is 51.8 Å². The molecular weight excluding hydrogens is 437 g/mol. The van der Waals surface area contributed by atoms with Crippen molar-refractivity contribution in [3.05, 3.63) is 61.7 Å². The summed E-state index contributed by atoms with van der Waals surface area (Å²) in [6.45, 7) is 0. The molecule has 0 unspecified atom stereocenters. The van der Waals surface area contributed by atoms with Crippen LogP contribution in [0.4, 0.5) is 0 Å². The van der Waals surface area contributed by atoms with Crippen LogP contribution in [0.1, 0.15) is 11.3 Å². The van der Waals surface area contributed by atoms with E-state index in [4.69, 9.17) is 9.15 Å². The third-order valence-electron chi connectivity index (χ3n) is 2.58. The van der Waals surface area contributed by atoms with E-state index >= 15 is 0 Å². The minimum absolute atomic E-state index is 0.223. The van der Waals surface area contributed by atoms with E-state index in [0.29, 0.717) is 16.3 Å². The van der Waals surface area contributed by atoms with Crippen LogP contribution in [0.15, 0.2) is 56.2 Å². The molecule has 0 saturated carbocycles. The highest BCUT2D eigenvalue weighted by Gasteiger charge is 2.24. The average Bonchev–Trinajstić information content (AvgIpc) is 2.98. The summed E-state index contributed by atoms with van der Waals surface area (Å²) in [5.74, 6) is 0.366. The van der Waals surface area contributed by atoms with E-state index in [1.807, 2.05) is 24.3 Å². The number of aliphatic imine (C=N–C) groups is 1. The van der Waals surface area contributed by atoms with Crippen LogP contribution >= 0.6 is 38.5 Å². The molecule has 100 valence electrons. The number of carbonyl (C=O) groups excluding carboxylic acids is 1. The van der Waals surface area contributed by atoms with Crippen molar-refractivity contribution in [1.82, 2.24) is 0 Å². The molecule has 3 rings (SSSR count). The highest BCUT2D eigenvalue weighted by Crippen LogP contribution is 2.22. The first-order valence-corrected chi connectivity index (χ1v) is 7.53. The van der Waals surface area contributed by atoms with E-state index < -0.39 is 5.97 Å². The number of esters is 1. The van der Waals surface area contributed by atoms with Gasteiger partial charge in [0, 0.05) is 15.2 Å². The van der Waals surface area contributed by atoms with Gasteiger partial charge in [-0.05, 0) is 74.9 Å². The fourth-order valence-corrected chi connectivity index (χ4v) is 2.34. The molecule has 0 N–H and O–H groups in total. The summed E-state index contributed by atoms with van der Waals surface area (Å²) < 4.78 is 12.2. The molecule has 0 atom stereocenters. The summed E-state index contributed by atoms with van der Waals surface area (Å²) in [5.41, 5.74) is 0.989. The number of halogens is 2. The number of cyclic esters (lactones) is 1. The molecule has 0 bridgehead atoms. The third kappa shape index (κ3) is 2.85. The summed E-state index contributed by atoms with van der Waals surface area (Å²) in [6.07, 6.45) is 1.55. The van der Waals surface area contributed by atoms with Crippen molar-refractivity contribution >= 4 is 56.5 Å². The van der Waals surface area contributed by atoms with Crippen LogP contribution < -0.4 is 0 Å². The molecule has 20 heavy (non-hydrogen) atoms. The molecule has 4 nitrogen and oxygen atoms in total. The largest absolute Gasteiger partial charge is 0.450 e. The Bertz CT molecular complexity index is 731. The first-order valence-electron chi connectivity index (χ1n) is 5.66. The second kappa shape index (κ2) is 5.53. The molecule has 1 aromatic carbocycles. The number of rotatable bonds is 2. The zero-order chi connectivity index (χ0) is 14.1. The highest BCUT2D eigenvalue weighted by molar-refractivity contribution is 14.1. The Morgan fingerprint density at radius 2 is 1.90 bits per heavy atom. The Morgan fingerprint density at radius 3 is 2.55 bits per heavy atom. The first kappa shape index (κ1) is 13.6. The van der Waals surface area contributed by atoms with E-state index in [9.17, 15) is 4.79 Å². The van der Waals surface area contributed by atoms with Gasteiger partial charge in [-0.3, -0.25) is 0 Å². The molecular formula is C14H7BrINO3. The molecule has 0 fully saturated rings. The molecule has 2 heterocycles. The molecule has 1 aliphatic rings. The van der Waals surface area contributed by atoms with E-state index in [1.165, 1.54) is 0 Å². The number of carbonyl (C=O) groups is 1. The Hall–Kier alpha value is -1.41. The smallest absolute Gasteiger partial charge is 0.363 e. The number of benzene rings is 1. The highest BCUT2D eigenvalue weighted by atomic mass is 127. The summed E-state index contributed by atoms with van der Waals surface area (Å²) in [4.78, 5) is 16.0. The Kier molecular flexibility index (Phi) is 3.75. The molecule has 2 aromatic rings. The third-order valence-corrected chi connectivity index (χ3v) is 3.73. The van der Waals surface area contributed by atoms with Gasteiger partial charge in [-0.25, -0.2) is 9.79 Å². The molecule has 1 aliphatic heterocycles. The van der Waals surface area contributed by atoms with Crippen molar-refractivity contribution in [1.29, 1.82) is 0 Å². The van der Waals surface area contributed by atoms with E-state index in [1.54, 1.807) is 18.2 Å². The van der Waals surface area contributed by atoms with Crippen molar-refractivity contribution in [2.45, 2.75) is 0 Å². The van der Waals surface area contributed by atoms with Gasteiger partial charge >= 0.3 is 5.97 Å². The SMILES string of the molecule is O=C1OC(c2ccc(I)cc2)=NC1=Cc1ccc(Br)o1. The van der Waals surface area contributed by atoms with Gasteiger partial charge in [0.2, 0.25) is 5.90 Å². The van der Waals surface area contributed by atoms with Crippen LogP contribution in [0.5, 0.6) is 0 Å². The number of hydrogen-bond acceptors (Lipinski definition) is 4. The van der Waals surface area contributed by atoms with Gasteiger partial charge in [-0.2, -0.15) is 0 Å².